The van der Waals surface area contributed by atoms with Crippen molar-refractivity contribution in [3.8, 4) is 0 Å². The van der Waals surface area contributed by atoms with Gasteiger partial charge >= 0.3 is 0 Å². The quantitative estimate of drug-likeness (QED) is 0.946. The van der Waals surface area contributed by atoms with Gasteiger partial charge < -0.3 is 9.72 Å². The fourth-order valence-corrected chi connectivity index (χ4v) is 3.95. The summed E-state index contributed by atoms with van der Waals surface area (Å²) in [4.78, 5) is 10.9. The number of nitrogens with one attached hydrogen (secondary N) is 1. The Morgan fingerprint density at radius 1 is 1.29 bits per heavy atom. The summed E-state index contributed by atoms with van der Waals surface area (Å²) in [5.74, 6) is 1.09. The fourth-order valence-electron chi connectivity index (χ4n) is 2.93. The topological polar surface area (TPSA) is 40.6 Å². The maximum absolute atomic E-state index is 5.40. The molecule has 2 aromatic rings. The van der Waals surface area contributed by atoms with Crippen LogP contribution in [0.5, 0.6) is 0 Å². The Hall–Kier alpha value is -1.30. The number of aromatic amines is 1. The second-order valence-electron chi connectivity index (χ2n) is 5.58. The van der Waals surface area contributed by atoms with E-state index in [1.807, 2.05) is 11.8 Å². The maximum atomic E-state index is 5.40. The van der Waals surface area contributed by atoms with Crippen molar-refractivity contribution >= 4 is 27.7 Å². The Morgan fingerprint density at radius 3 is 3.00 bits per heavy atom. The summed E-state index contributed by atoms with van der Waals surface area (Å²) in [6, 6.07) is 11.0. The number of ether oxygens (including phenoxy) is 1. The molecule has 0 radical (unpaired) electrons. The lowest BCUT2D eigenvalue weighted by Crippen LogP contribution is -2.40. The van der Waals surface area contributed by atoms with Crippen molar-refractivity contribution in [2.45, 2.75) is 6.04 Å². The van der Waals surface area contributed by atoms with Crippen molar-refractivity contribution < 1.29 is 4.74 Å². The highest BCUT2D eigenvalue weighted by Crippen LogP contribution is 2.26. The third-order valence-electron chi connectivity index (χ3n) is 4.05. The second-order valence-corrected chi connectivity index (χ2v) is 6.59. The van der Waals surface area contributed by atoms with Gasteiger partial charge in [0.05, 0.1) is 24.9 Å². The van der Waals surface area contributed by atoms with E-state index in [0.29, 0.717) is 6.04 Å². The predicted molar refractivity (Wildman–Crippen MR) is 88.3 cm³/mol. The van der Waals surface area contributed by atoms with Gasteiger partial charge in [-0.3, -0.25) is 9.89 Å². The van der Waals surface area contributed by atoms with E-state index in [0.717, 1.165) is 49.3 Å². The van der Waals surface area contributed by atoms with Crippen LogP contribution in [0.3, 0.4) is 0 Å². The number of morpholine rings is 1. The molecule has 1 atom stereocenters. The molecule has 1 aromatic carbocycles. The Kier molecular flexibility index (Phi) is 3.71. The average molecular weight is 301 g/mol. The number of thioether (sulfide) groups is 1. The minimum atomic E-state index is 0.412. The number of para-hydroxylation sites is 1. The van der Waals surface area contributed by atoms with Gasteiger partial charge in [0.15, 0.2) is 0 Å². The van der Waals surface area contributed by atoms with Crippen LogP contribution in [-0.4, -0.2) is 59.6 Å². The lowest BCUT2D eigenvalue weighted by molar-refractivity contribution is 0.0364. The van der Waals surface area contributed by atoms with Gasteiger partial charge in [0.25, 0.3) is 0 Å². The average Bonchev–Trinajstić information content (AvgIpc) is 3.14. The molecule has 1 fully saturated rings. The molecule has 110 valence electrons. The van der Waals surface area contributed by atoms with Gasteiger partial charge in [0.2, 0.25) is 0 Å². The van der Waals surface area contributed by atoms with Gasteiger partial charge in [-0.2, -0.15) is 0 Å². The molecule has 0 spiro atoms. The highest BCUT2D eigenvalue weighted by Gasteiger charge is 2.23. The highest BCUT2D eigenvalue weighted by molar-refractivity contribution is 8.14. The molecule has 1 N–H and O–H groups in total. The van der Waals surface area contributed by atoms with Gasteiger partial charge in [-0.15, -0.1) is 11.8 Å². The number of benzene rings is 1. The first kappa shape index (κ1) is 13.4. The molecule has 21 heavy (non-hydrogen) atoms. The van der Waals surface area contributed by atoms with E-state index in [1.54, 1.807) is 0 Å². The standard InChI is InChI=1S/C16H19N3OS/c1-2-4-14-12(3-1)9-15(18-14)16-17-13(11-21-16)10-19-5-7-20-8-6-19/h1-4,9,13,18H,5-8,10-11H2/t13-/m1/s1. The largest absolute Gasteiger partial charge is 0.379 e. The van der Waals surface area contributed by atoms with Crippen LogP contribution in [0.2, 0.25) is 0 Å². The summed E-state index contributed by atoms with van der Waals surface area (Å²) in [6.07, 6.45) is 0. The maximum Gasteiger partial charge on any atom is 0.114 e. The van der Waals surface area contributed by atoms with Crippen LogP contribution in [0.1, 0.15) is 5.69 Å². The number of hydrogen-bond donors (Lipinski definition) is 1. The van der Waals surface area contributed by atoms with E-state index in [9.17, 15) is 0 Å². The molecule has 4 nitrogen and oxygen atoms in total. The molecule has 2 aliphatic heterocycles. The molecule has 0 amide bonds. The normalized spacial score (nSPS) is 23.6. The molecule has 0 saturated carbocycles. The molecule has 0 bridgehead atoms. The molecule has 0 aliphatic carbocycles. The van der Waals surface area contributed by atoms with Gasteiger partial charge in [0.1, 0.15) is 5.04 Å². The predicted octanol–water partition coefficient (Wildman–Crippen LogP) is 2.36. The van der Waals surface area contributed by atoms with Crippen LogP contribution in [0, 0.1) is 0 Å². The molecule has 1 saturated heterocycles. The summed E-state index contributed by atoms with van der Waals surface area (Å²) < 4.78 is 5.40. The van der Waals surface area contributed by atoms with Crippen molar-refractivity contribution in [2.24, 2.45) is 4.99 Å². The summed E-state index contributed by atoms with van der Waals surface area (Å²) in [7, 11) is 0. The Bertz CT molecular complexity index is 627. The zero-order valence-corrected chi connectivity index (χ0v) is 12.7. The zero-order chi connectivity index (χ0) is 14.1. The van der Waals surface area contributed by atoms with Gasteiger partial charge in [-0.1, -0.05) is 18.2 Å². The monoisotopic (exact) mass is 301 g/mol. The molecule has 3 heterocycles. The van der Waals surface area contributed by atoms with Crippen LogP contribution in [-0.2, 0) is 4.74 Å². The first-order chi connectivity index (χ1) is 10.4. The number of nitrogens with zero attached hydrogens (tertiary/aromatic N) is 2. The molecular weight excluding hydrogens is 282 g/mol. The number of fused-ring (bicyclic) bond motifs is 1. The number of hydrogen-bond acceptors (Lipinski definition) is 4. The summed E-state index contributed by atoms with van der Waals surface area (Å²) in [6.45, 7) is 4.85. The van der Waals surface area contributed by atoms with Crippen LogP contribution in [0.15, 0.2) is 35.3 Å². The van der Waals surface area contributed by atoms with Crippen LogP contribution in [0.4, 0.5) is 0 Å². The van der Waals surface area contributed by atoms with E-state index in [4.69, 9.17) is 9.73 Å². The van der Waals surface area contributed by atoms with Crippen molar-refractivity contribution in [1.82, 2.24) is 9.88 Å². The highest BCUT2D eigenvalue weighted by atomic mass is 32.2. The molecule has 2 aliphatic rings. The third kappa shape index (κ3) is 2.86. The Labute approximate surface area is 128 Å². The van der Waals surface area contributed by atoms with Crippen molar-refractivity contribution in [1.29, 1.82) is 0 Å². The molecule has 5 heteroatoms. The van der Waals surface area contributed by atoms with Crippen molar-refractivity contribution in [3.63, 3.8) is 0 Å². The van der Waals surface area contributed by atoms with Gasteiger partial charge in [0, 0.05) is 36.3 Å². The van der Waals surface area contributed by atoms with Gasteiger partial charge in [-0.05, 0) is 12.1 Å². The van der Waals surface area contributed by atoms with E-state index >= 15 is 0 Å². The van der Waals surface area contributed by atoms with E-state index in [1.165, 1.54) is 10.9 Å². The Morgan fingerprint density at radius 2 is 2.14 bits per heavy atom. The fraction of sp³-hybridized carbons (Fsp3) is 0.438. The molecular formula is C16H19N3OS. The first-order valence-corrected chi connectivity index (χ1v) is 8.46. The third-order valence-corrected chi connectivity index (χ3v) is 5.20. The van der Waals surface area contributed by atoms with E-state index in [2.05, 4.69) is 40.2 Å². The number of rotatable bonds is 3. The Balaban J connectivity index is 1.49. The van der Waals surface area contributed by atoms with Crippen molar-refractivity contribution in [2.75, 3.05) is 38.6 Å². The minimum absolute atomic E-state index is 0.412. The summed E-state index contributed by atoms with van der Waals surface area (Å²) >= 11 is 1.87. The smallest absolute Gasteiger partial charge is 0.114 e. The lowest BCUT2D eigenvalue weighted by Gasteiger charge is -2.27. The molecule has 0 unspecified atom stereocenters. The van der Waals surface area contributed by atoms with Crippen LogP contribution >= 0.6 is 11.8 Å². The summed E-state index contributed by atoms with van der Waals surface area (Å²) in [5.41, 5.74) is 2.35. The van der Waals surface area contributed by atoms with Gasteiger partial charge in [-0.25, -0.2) is 0 Å². The number of H-pyrrole nitrogens is 1. The van der Waals surface area contributed by atoms with Crippen molar-refractivity contribution in [3.05, 3.63) is 36.0 Å². The lowest BCUT2D eigenvalue weighted by atomic mass is 10.2. The number of aliphatic imine (C=N–C) groups is 1. The second kappa shape index (κ2) is 5.83. The zero-order valence-electron chi connectivity index (χ0n) is 11.9. The van der Waals surface area contributed by atoms with Crippen LogP contribution < -0.4 is 0 Å². The first-order valence-electron chi connectivity index (χ1n) is 7.47. The molecule has 4 rings (SSSR count). The SMILES string of the molecule is c1ccc2[nH]c(C3=N[C@H](CN4CCOCC4)CS3)cc2c1. The van der Waals surface area contributed by atoms with E-state index < -0.39 is 0 Å². The summed E-state index contributed by atoms with van der Waals surface area (Å²) in [5, 5.41) is 2.41. The molecule has 1 aromatic heterocycles. The van der Waals surface area contributed by atoms with Crippen LogP contribution in [0.25, 0.3) is 10.9 Å². The number of aromatic nitrogens is 1. The minimum Gasteiger partial charge on any atom is -0.379 e. The van der Waals surface area contributed by atoms with E-state index in [-0.39, 0.29) is 0 Å².